The van der Waals surface area contributed by atoms with Gasteiger partial charge in [0, 0.05) is 10.0 Å². The zero-order valence-corrected chi connectivity index (χ0v) is 21.3. The molecule has 3 aromatic rings. The van der Waals surface area contributed by atoms with Gasteiger partial charge in [-0.05, 0) is 60.5 Å². The normalized spacial score (nSPS) is 14.7. The van der Waals surface area contributed by atoms with Crippen LogP contribution < -0.4 is 19.7 Å². The highest BCUT2D eigenvalue weighted by Gasteiger charge is 2.37. The van der Waals surface area contributed by atoms with Gasteiger partial charge in [0.1, 0.15) is 23.7 Å². The highest BCUT2D eigenvalue weighted by molar-refractivity contribution is 9.10. The van der Waals surface area contributed by atoms with E-state index in [0.29, 0.717) is 36.0 Å². The van der Waals surface area contributed by atoms with Crippen LogP contribution in [-0.2, 0) is 16.2 Å². The Morgan fingerprint density at radius 1 is 0.944 bits per heavy atom. The van der Waals surface area contributed by atoms with Crippen LogP contribution in [-0.4, -0.2) is 24.5 Å². The predicted octanol–water partition coefficient (Wildman–Crippen LogP) is 5.87. The SMILES string of the molecule is CCCCOc1ccc(Br)cc1/C=C1/C(=O)NC(=O)N(c2ccc(OCc3ccccc3)cc2)C1=O. The van der Waals surface area contributed by atoms with Crippen LogP contribution in [0, 0.1) is 0 Å². The third kappa shape index (κ3) is 6.01. The van der Waals surface area contributed by atoms with Gasteiger partial charge in [-0.15, -0.1) is 0 Å². The minimum atomic E-state index is -0.811. The lowest BCUT2D eigenvalue weighted by molar-refractivity contribution is -0.122. The van der Waals surface area contributed by atoms with Crippen molar-refractivity contribution in [3.8, 4) is 11.5 Å². The Kier molecular flexibility index (Phi) is 8.17. The first-order chi connectivity index (χ1) is 17.5. The molecule has 0 saturated carbocycles. The summed E-state index contributed by atoms with van der Waals surface area (Å²) in [5, 5.41) is 2.25. The van der Waals surface area contributed by atoms with Gasteiger partial charge in [0.2, 0.25) is 0 Å². The molecule has 36 heavy (non-hydrogen) atoms. The monoisotopic (exact) mass is 548 g/mol. The number of carbonyl (C=O) groups excluding carboxylic acids is 3. The van der Waals surface area contributed by atoms with Crippen molar-refractivity contribution < 1.29 is 23.9 Å². The van der Waals surface area contributed by atoms with Crippen LogP contribution in [0.5, 0.6) is 11.5 Å². The zero-order chi connectivity index (χ0) is 25.5. The molecule has 1 aliphatic rings. The van der Waals surface area contributed by atoms with Gasteiger partial charge in [-0.2, -0.15) is 0 Å². The number of imide groups is 2. The molecule has 7 nitrogen and oxygen atoms in total. The molecule has 8 heteroatoms. The number of barbiturate groups is 1. The van der Waals surface area contributed by atoms with E-state index in [9.17, 15) is 14.4 Å². The maximum Gasteiger partial charge on any atom is 0.335 e. The van der Waals surface area contributed by atoms with E-state index in [4.69, 9.17) is 9.47 Å². The smallest absolute Gasteiger partial charge is 0.335 e. The maximum absolute atomic E-state index is 13.3. The number of anilines is 1. The Morgan fingerprint density at radius 2 is 1.69 bits per heavy atom. The fourth-order valence-electron chi connectivity index (χ4n) is 3.57. The van der Waals surface area contributed by atoms with E-state index in [1.165, 1.54) is 6.08 Å². The summed E-state index contributed by atoms with van der Waals surface area (Å²) in [6, 6.07) is 20.8. The van der Waals surface area contributed by atoms with Crippen LogP contribution in [0.2, 0.25) is 0 Å². The Balaban J connectivity index is 1.56. The average molecular weight is 549 g/mol. The van der Waals surface area contributed by atoms with Crippen molar-refractivity contribution in [2.45, 2.75) is 26.4 Å². The zero-order valence-electron chi connectivity index (χ0n) is 19.7. The van der Waals surface area contributed by atoms with Crippen molar-refractivity contribution in [1.29, 1.82) is 0 Å². The topological polar surface area (TPSA) is 84.9 Å². The molecule has 0 aromatic heterocycles. The van der Waals surface area contributed by atoms with Gasteiger partial charge in [-0.3, -0.25) is 14.9 Å². The lowest BCUT2D eigenvalue weighted by Crippen LogP contribution is -2.54. The molecule has 0 aliphatic carbocycles. The van der Waals surface area contributed by atoms with E-state index in [1.807, 2.05) is 36.4 Å². The van der Waals surface area contributed by atoms with Crippen LogP contribution >= 0.6 is 15.9 Å². The summed E-state index contributed by atoms with van der Waals surface area (Å²) >= 11 is 3.42. The van der Waals surface area contributed by atoms with E-state index < -0.39 is 17.8 Å². The van der Waals surface area contributed by atoms with Crippen LogP contribution in [0.1, 0.15) is 30.9 Å². The second-order valence-corrected chi connectivity index (χ2v) is 9.03. The van der Waals surface area contributed by atoms with Gasteiger partial charge < -0.3 is 9.47 Å². The van der Waals surface area contributed by atoms with Gasteiger partial charge in [-0.25, -0.2) is 9.69 Å². The molecule has 0 unspecified atom stereocenters. The Bertz CT molecular complexity index is 1290. The van der Waals surface area contributed by atoms with Crippen LogP contribution in [0.4, 0.5) is 10.5 Å². The number of hydrogen-bond acceptors (Lipinski definition) is 5. The number of amides is 4. The van der Waals surface area contributed by atoms with Crippen molar-refractivity contribution in [3.05, 3.63) is 94.0 Å². The average Bonchev–Trinajstić information content (AvgIpc) is 2.88. The number of urea groups is 1. The molecule has 0 spiro atoms. The minimum absolute atomic E-state index is 0.169. The van der Waals surface area contributed by atoms with E-state index in [2.05, 4.69) is 28.2 Å². The molecule has 0 atom stereocenters. The first kappa shape index (κ1) is 25.2. The molecule has 4 rings (SSSR count). The lowest BCUT2D eigenvalue weighted by Gasteiger charge is -2.26. The molecule has 1 aliphatic heterocycles. The summed E-state index contributed by atoms with van der Waals surface area (Å²) in [5.41, 5.74) is 1.72. The van der Waals surface area contributed by atoms with Gasteiger partial charge >= 0.3 is 6.03 Å². The molecule has 4 amide bonds. The summed E-state index contributed by atoms with van der Waals surface area (Å²) in [7, 11) is 0. The lowest BCUT2D eigenvalue weighted by atomic mass is 10.1. The minimum Gasteiger partial charge on any atom is -0.493 e. The summed E-state index contributed by atoms with van der Waals surface area (Å²) < 4.78 is 12.4. The standard InChI is InChI=1S/C28H25BrN2O5/c1-2-3-15-35-25-14-9-21(29)16-20(25)17-24-26(32)30-28(34)31(27(24)33)22-10-12-23(13-11-22)36-18-19-7-5-4-6-8-19/h4-14,16-17H,2-3,15,18H2,1H3,(H,30,32,34)/b24-17-. The maximum atomic E-state index is 13.3. The molecule has 0 bridgehead atoms. The first-order valence-corrected chi connectivity index (χ1v) is 12.4. The van der Waals surface area contributed by atoms with Crippen molar-refractivity contribution >= 4 is 45.5 Å². The highest BCUT2D eigenvalue weighted by Crippen LogP contribution is 2.29. The molecule has 0 radical (unpaired) electrons. The molecule has 1 heterocycles. The number of nitrogens with one attached hydrogen (secondary N) is 1. The fourth-order valence-corrected chi connectivity index (χ4v) is 3.95. The summed E-state index contributed by atoms with van der Waals surface area (Å²) in [4.78, 5) is 39.4. The predicted molar refractivity (Wildman–Crippen MR) is 141 cm³/mol. The fraction of sp³-hybridized carbons (Fsp3) is 0.179. The number of rotatable bonds is 9. The second-order valence-electron chi connectivity index (χ2n) is 8.11. The third-order valence-corrected chi connectivity index (χ3v) is 5.97. The number of unbranched alkanes of at least 4 members (excludes halogenated alkanes) is 1. The molecule has 3 aromatic carbocycles. The van der Waals surface area contributed by atoms with Crippen molar-refractivity contribution in [1.82, 2.24) is 5.32 Å². The summed E-state index contributed by atoms with van der Waals surface area (Å²) in [6.07, 6.45) is 3.29. The largest absolute Gasteiger partial charge is 0.493 e. The second kappa shape index (κ2) is 11.7. The Hall–Kier alpha value is -3.91. The van der Waals surface area contributed by atoms with Crippen molar-refractivity contribution in [2.24, 2.45) is 0 Å². The Morgan fingerprint density at radius 3 is 2.42 bits per heavy atom. The number of nitrogens with zero attached hydrogens (tertiary/aromatic N) is 1. The molecule has 184 valence electrons. The molecule has 1 N–H and O–H groups in total. The summed E-state index contributed by atoms with van der Waals surface area (Å²) in [6.45, 7) is 2.96. The van der Waals surface area contributed by atoms with Gasteiger partial charge in [-0.1, -0.05) is 59.6 Å². The van der Waals surface area contributed by atoms with Crippen molar-refractivity contribution in [3.63, 3.8) is 0 Å². The van der Waals surface area contributed by atoms with Gasteiger partial charge in [0.15, 0.2) is 0 Å². The van der Waals surface area contributed by atoms with E-state index in [0.717, 1.165) is 27.8 Å². The quantitative estimate of drug-likeness (QED) is 0.205. The molecule has 1 saturated heterocycles. The number of ether oxygens (including phenoxy) is 2. The molecular formula is C28H25BrN2O5. The van der Waals surface area contributed by atoms with Gasteiger partial charge in [0.05, 0.1) is 12.3 Å². The van der Waals surface area contributed by atoms with E-state index in [-0.39, 0.29) is 5.57 Å². The summed E-state index contributed by atoms with van der Waals surface area (Å²) in [5.74, 6) is -0.352. The van der Waals surface area contributed by atoms with Crippen molar-refractivity contribution in [2.75, 3.05) is 11.5 Å². The highest BCUT2D eigenvalue weighted by atomic mass is 79.9. The van der Waals surface area contributed by atoms with Crippen LogP contribution in [0.15, 0.2) is 82.8 Å². The van der Waals surface area contributed by atoms with Crippen LogP contribution in [0.3, 0.4) is 0 Å². The van der Waals surface area contributed by atoms with Gasteiger partial charge in [0.25, 0.3) is 11.8 Å². The third-order valence-electron chi connectivity index (χ3n) is 5.47. The number of benzene rings is 3. The van der Waals surface area contributed by atoms with E-state index >= 15 is 0 Å². The Labute approximate surface area is 217 Å². The van der Waals surface area contributed by atoms with Crippen LogP contribution in [0.25, 0.3) is 6.08 Å². The number of hydrogen-bond donors (Lipinski definition) is 1. The molecule has 1 fully saturated rings. The van der Waals surface area contributed by atoms with E-state index in [1.54, 1.807) is 36.4 Å². The number of carbonyl (C=O) groups is 3. The number of halogens is 1. The molecular weight excluding hydrogens is 524 g/mol. The first-order valence-electron chi connectivity index (χ1n) is 11.6.